The third-order valence-electron chi connectivity index (χ3n) is 9.02. The Labute approximate surface area is 306 Å². The zero-order valence-corrected chi connectivity index (χ0v) is 30.8. The highest BCUT2D eigenvalue weighted by Gasteiger charge is 2.27. The van der Waals surface area contributed by atoms with Crippen LogP contribution in [0.2, 0.25) is 5.02 Å². The summed E-state index contributed by atoms with van der Waals surface area (Å²) in [5.74, 6) is 1.15. The van der Waals surface area contributed by atoms with Crippen molar-refractivity contribution in [2.45, 2.75) is 84.2 Å². The molecule has 9 nitrogen and oxygen atoms in total. The average molecular weight is 710 g/mol. The van der Waals surface area contributed by atoms with Gasteiger partial charge in [0.15, 0.2) is 0 Å². The number of rotatable bonds is 12. The predicted octanol–water partition coefficient (Wildman–Crippen LogP) is 7.96. The summed E-state index contributed by atoms with van der Waals surface area (Å²) in [6.45, 7) is 12.1. The van der Waals surface area contributed by atoms with Gasteiger partial charge in [-0.15, -0.1) is 0 Å². The van der Waals surface area contributed by atoms with Crippen molar-refractivity contribution in [3.63, 3.8) is 0 Å². The van der Waals surface area contributed by atoms with Crippen LogP contribution in [0.25, 0.3) is 11.3 Å². The molecule has 0 radical (unpaired) electrons. The minimum Gasteiger partial charge on any atom is -0.460 e. The number of furan rings is 1. The highest BCUT2D eigenvalue weighted by Crippen LogP contribution is 2.28. The maximum atomic E-state index is 13.8. The van der Waals surface area contributed by atoms with Crippen LogP contribution in [-0.4, -0.2) is 54.2 Å². The molecule has 10 heteroatoms. The van der Waals surface area contributed by atoms with Gasteiger partial charge in [-0.2, -0.15) is 5.26 Å². The second-order valence-electron chi connectivity index (χ2n) is 14.3. The second-order valence-corrected chi connectivity index (χ2v) is 14.7. The molecule has 4 aromatic rings. The van der Waals surface area contributed by atoms with Crippen molar-refractivity contribution in [3.05, 3.63) is 117 Å². The zero-order chi connectivity index (χ0) is 36.5. The average Bonchev–Trinajstić information content (AvgIpc) is 3.59. The van der Waals surface area contributed by atoms with Gasteiger partial charge in [0.25, 0.3) is 5.91 Å². The zero-order valence-electron chi connectivity index (χ0n) is 30.1. The van der Waals surface area contributed by atoms with Crippen LogP contribution in [0.3, 0.4) is 0 Å². The van der Waals surface area contributed by atoms with E-state index in [1.54, 1.807) is 29.2 Å². The SMILES string of the molecule is Cc1ccc(C(C)NCc2ccc(-c3ccc(Cl)c(C(=O)NC(CNC4CCN(C(=O)OC(C)(C)C)CC4)Cc4ccc(C#N)cc4)c3)o2)cc1. The summed E-state index contributed by atoms with van der Waals surface area (Å²) in [6, 6.07) is 27.3. The van der Waals surface area contributed by atoms with Crippen LogP contribution in [0.5, 0.6) is 0 Å². The first kappa shape index (κ1) is 37.6. The molecule has 2 amide bonds. The standard InChI is InChI=1S/C41H48ClN5O4/c1-27-6-12-31(13-7-27)28(2)44-26-35-15-17-38(50-35)32-14-16-37(42)36(23-32)39(48)46-34(22-29-8-10-30(24-43)11-9-29)25-45-33-18-20-47(21-19-33)40(49)51-41(3,4)5/h6-17,23,28,33-34,44-45H,18-22,25-26H2,1-5H3,(H,46,48). The van der Waals surface area contributed by atoms with Gasteiger partial charge in [0.05, 0.1) is 28.8 Å². The van der Waals surface area contributed by atoms with Gasteiger partial charge in [0.1, 0.15) is 17.1 Å². The minimum absolute atomic E-state index is 0.154. The van der Waals surface area contributed by atoms with Gasteiger partial charge in [-0.05, 0) is 107 Å². The molecular weight excluding hydrogens is 662 g/mol. The van der Waals surface area contributed by atoms with Crippen molar-refractivity contribution in [2.75, 3.05) is 19.6 Å². The number of nitrogens with one attached hydrogen (secondary N) is 3. The Morgan fingerprint density at radius 1 is 1.02 bits per heavy atom. The molecule has 2 unspecified atom stereocenters. The number of carbonyl (C=O) groups is 2. The van der Waals surface area contributed by atoms with E-state index >= 15 is 0 Å². The third kappa shape index (κ3) is 10.9. The number of nitrogens with zero attached hydrogens (tertiary/aromatic N) is 2. The van der Waals surface area contributed by atoms with E-state index in [2.05, 4.69) is 60.1 Å². The number of hydrogen-bond acceptors (Lipinski definition) is 7. The summed E-state index contributed by atoms with van der Waals surface area (Å²) in [4.78, 5) is 28.1. The van der Waals surface area contributed by atoms with E-state index in [0.717, 1.165) is 29.7 Å². The van der Waals surface area contributed by atoms with Crippen molar-refractivity contribution >= 4 is 23.6 Å². The lowest BCUT2D eigenvalue weighted by atomic mass is 10.0. The van der Waals surface area contributed by atoms with Gasteiger partial charge >= 0.3 is 6.09 Å². The number of hydrogen-bond donors (Lipinski definition) is 3. The molecule has 1 aliphatic heterocycles. The first-order valence-electron chi connectivity index (χ1n) is 17.6. The van der Waals surface area contributed by atoms with Crippen LogP contribution in [0, 0.1) is 18.3 Å². The second kappa shape index (κ2) is 17.1. The molecule has 1 aromatic heterocycles. The molecule has 2 heterocycles. The number of likely N-dealkylation sites (tertiary alicyclic amines) is 1. The molecular formula is C41H48ClN5O4. The Morgan fingerprint density at radius 2 is 1.73 bits per heavy atom. The predicted molar refractivity (Wildman–Crippen MR) is 201 cm³/mol. The minimum atomic E-state index is -0.537. The summed E-state index contributed by atoms with van der Waals surface area (Å²) in [6.07, 6.45) is 1.81. The first-order valence-corrected chi connectivity index (χ1v) is 17.9. The summed E-state index contributed by atoms with van der Waals surface area (Å²) < 4.78 is 11.7. The number of amides is 2. The number of nitriles is 1. The fourth-order valence-electron chi connectivity index (χ4n) is 6.05. The number of aryl methyl sites for hydroxylation is 1. The lowest BCUT2D eigenvalue weighted by Gasteiger charge is -2.34. The lowest BCUT2D eigenvalue weighted by Crippen LogP contribution is -2.50. The molecule has 0 spiro atoms. The van der Waals surface area contributed by atoms with Gasteiger partial charge in [0.2, 0.25) is 0 Å². The summed E-state index contributed by atoms with van der Waals surface area (Å²) in [5.41, 5.74) is 4.58. The molecule has 5 rings (SSSR count). The van der Waals surface area contributed by atoms with E-state index in [4.69, 9.17) is 20.8 Å². The van der Waals surface area contributed by atoms with Crippen LogP contribution in [-0.2, 0) is 17.7 Å². The molecule has 3 aromatic carbocycles. The maximum Gasteiger partial charge on any atom is 0.410 e. The Hall–Kier alpha value is -4.62. The van der Waals surface area contributed by atoms with Gasteiger partial charge in [-0.3, -0.25) is 4.79 Å². The van der Waals surface area contributed by atoms with Gasteiger partial charge < -0.3 is 30.0 Å². The molecule has 0 aliphatic carbocycles. The number of piperidine rings is 1. The molecule has 51 heavy (non-hydrogen) atoms. The van der Waals surface area contributed by atoms with Crippen molar-refractivity contribution in [3.8, 4) is 17.4 Å². The van der Waals surface area contributed by atoms with E-state index < -0.39 is 5.60 Å². The van der Waals surface area contributed by atoms with Crippen LogP contribution in [0.15, 0.2) is 83.3 Å². The number of benzene rings is 3. The highest BCUT2D eigenvalue weighted by molar-refractivity contribution is 6.34. The summed E-state index contributed by atoms with van der Waals surface area (Å²) in [7, 11) is 0. The lowest BCUT2D eigenvalue weighted by molar-refractivity contribution is 0.0197. The van der Waals surface area contributed by atoms with Crippen LogP contribution in [0.4, 0.5) is 4.79 Å². The van der Waals surface area contributed by atoms with E-state index in [-0.39, 0.29) is 30.1 Å². The smallest absolute Gasteiger partial charge is 0.410 e. The van der Waals surface area contributed by atoms with Gasteiger partial charge in [-0.25, -0.2) is 4.79 Å². The monoisotopic (exact) mass is 709 g/mol. The van der Waals surface area contributed by atoms with Crippen molar-refractivity contribution in [1.82, 2.24) is 20.9 Å². The maximum absolute atomic E-state index is 13.8. The molecule has 1 fully saturated rings. The first-order chi connectivity index (χ1) is 24.4. The van der Waals surface area contributed by atoms with E-state index in [1.807, 2.05) is 51.1 Å². The molecule has 1 aliphatic rings. The topological polar surface area (TPSA) is 120 Å². The normalized spacial score (nSPS) is 14.8. The van der Waals surface area contributed by atoms with Crippen molar-refractivity contribution in [2.24, 2.45) is 0 Å². The Bertz CT molecular complexity index is 1820. The van der Waals surface area contributed by atoms with Crippen molar-refractivity contribution < 1.29 is 18.7 Å². The molecule has 0 saturated carbocycles. The summed E-state index contributed by atoms with van der Waals surface area (Å²) >= 11 is 6.60. The Morgan fingerprint density at radius 3 is 2.39 bits per heavy atom. The van der Waals surface area contributed by atoms with E-state index in [1.165, 1.54) is 11.1 Å². The molecule has 268 valence electrons. The van der Waals surface area contributed by atoms with Crippen LogP contribution < -0.4 is 16.0 Å². The number of carbonyl (C=O) groups excluding carboxylic acids is 2. The van der Waals surface area contributed by atoms with Gasteiger partial charge in [0, 0.05) is 43.3 Å². The third-order valence-corrected chi connectivity index (χ3v) is 9.35. The Balaban J connectivity index is 1.23. The van der Waals surface area contributed by atoms with E-state index in [0.29, 0.717) is 54.5 Å². The quantitative estimate of drug-likeness (QED) is 0.137. The number of halogens is 1. The van der Waals surface area contributed by atoms with Gasteiger partial charge in [-0.1, -0.05) is 53.6 Å². The highest BCUT2D eigenvalue weighted by atomic mass is 35.5. The van der Waals surface area contributed by atoms with Crippen molar-refractivity contribution in [1.29, 1.82) is 5.26 Å². The fourth-order valence-corrected chi connectivity index (χ4v) is 6.25. The molecule has 1 saturated heterocycles. The largest absolute Gasteiger partial charge is 0.460 e. The van der Waals surface area contributed by atoms with Crippen LogP contribution >= 0.6 is 11.6 Å². The molecule has 0 bridgehead atoms. The van der Waals surface area contributed by atoms with E-state index in [9.17, 15) is 14.9 Å². The molecule has 3 N–H and O–H groups in total. The molecule has 2 atom stereocenters. The fraction of sp³-hybridized carbons (Fsp3) is 0.390. The van der Waals surface area contributed by atoms with Crippen LogP contribution in [0.1, 0.15) is 85.0 Å². The summed E-state index contributed by atoms with van der Waals surface area (Å²) in [5, 5.41) is 19.9. The Kier molecular flexibility index (Phi) is 12.6. The number of ether oxygens (including phenoxy) is 1.